The minimum Gasteiger partial charge on any atom is -0.507 e. The van der Waals surface area contributed by atoms with E-state index in [0.717, 1.165) is 12.8 Å². The normalized spacial score (nSPS) is 9.93. The number of aldehydes is 1. The predicted molar refractivity (Wildman–Crippen MR) is 55.6 cm³/mol. The van der Waals surface area contributed by atoms with Crippen molar-refractivity contribution >= 4 is 6.29 Å². The maximum absolute atomic E-state index is 10.4. The molecule has 4 nitrogen and oxygen atoms in total. The average Bonchev–Trinajstić information content (AvgIpc) is 2.23. The lowest BCUT2D eigenvalue weighted by Crippen LogP contribution is -1.97. The second-order valence-electron chi connectivity index (χ2n) is 3.20. The van der Waals surface area contributed by atoms with E-state index in [1.165, 1.54) is 12.1 Å². The number of benzene rings is 1. The second kappa shape index (κ2) is 5.24. The van der Waals surface area contributed by atoms with Gasteiger partial charge in [-0.05, 0) is 12.5 Å². The number of hydrogen-bond acceptors (Lipinski definition) is 4. The number of rotatable bonds is 5. The molecule has 1 aromatic rings. The van der Waals surface area contributed by atoms with Crippen molar-refractivity contribution in [3.05, 3.63) is 17.7 Å². The molecular weight excluding hydrogens is 196 g/mol. The first-order valence-electron chi connectivity index (χ1n) is 4.83. The summed E-state index contributed by atoms with van der Waals surface area (Å²) in [6.45, 7) is 2.50. The summed E-state index contributed by atoms with van der Waals surface area (Å²) in [5.74, 6) is -0.119. The van der Waals surface area contributed by atoms with Crippen LogP contribution in [0.15, 0.2) is 12.1 Å². The van der Waals surface area contributed by atoms with E-state index in [1.54, 1.807) is 0 Å². The molecule has 0 fully saturated rings. The Morgan fingerprint density at radius 1 is 1.33 bits per heavy atom. The number of carbonyl (C=O) groups is 1. The molecule has 0 aliphatic rings. The van der Waals surface area contributed by atoms with Crippen LogP contribution in [0.3, 0.4) is 0 Å². The van der Waals surface area contributed by atoms with Gasteiger partial charge in [0.25, 0.3) is 0 Å². The Labute approximate surface area is 88.1 Å². The van der Waals surface area contributed by atoms with Crippen molar-refractivity contribution in [1.29, 1.82) is 0 Å². The quantitative estimate of drug-likeness (QED) is 0.443. The predicted octanol–water partition coefficient (Wildman–Crippen LogP) is 2.09. The Hall–Kier alpha value is -1.71. The Morgan fingerprint density at radius 3 is 2.67 bits per heavy atom. The van der Waals surface area contributed by atoms with Gasteiger partial charge in [-0.25, -0.2) is 0 Å². The Balaban J connectivity index is 2.80. The molecule has 0 aliphatic carbocycles. The van der Waals surface area contributed by atoms with Gasteiger partial charge in [0.1, 0.15) is 5.75 Å². The summed E-state index contributed by atoms with van der Waals surface area (Å²) in [5.41, 5.74) is 0.0512. The Kier molecular flexibility index (Phi) is 3.97. The van der Waals surface area contributed by atoms with Gasteiger partial charge in [0.15, 0.2) is 17.8 Å². The number of aromatic hydroxyl groups is 2. The lowest BCUT2D eigenvalue weighted by molar-refractivity contribution is 0.112. The van der Waals surface area contributed by atoms with Gasteiger partial charge in [-0.15, -0.1) is 0 Å². The number of unbranched alkanes of at least 4 members (excludes halogenated alkanes) is 1. The van der Waals surface area contributed by atoms with Gasteiger partial charge in [0.2, 0.25) is 0 Å². The lowest BCUT2D eigenvalue weighted by Gasteiger charge is -2.08. The van der Waals surface area contributed by atoms with Gasteiger partial charge >= 0.3 is 0 Å². The van der Waals surface area contributed by atoms with Crippen molar-refractivity contribution in [2.45, 2.75) is 19.8 Å². The summed E-state index contributed by atoms with van der Waals surface area (Å²) in [5, 5.41) is 18.8. The summed E-state index contributed by atoms with van der Waals surface area (Å²) >= 11 is 0. The number of hydrogen-bond donors (Lipinski definition) is 2. The maximum atomic E-state index is 10.4. The molecule has 0 heterocycles. The number of phenolic OH excluding ortho intramolecular Hbond substituents is 2. The van der Waals surface area contributed by atoms with Crippen LogP contribution in [-0.4, -0.2) is 23.1 Å². The molecule has 0 aromatic heterocycles. The van der Waals surface area contributed by atoms with Crippen molar-refractivity contribution < 1.29 is 19.7 Å². The number of phenols is 2. The van der Waals surface area contributed by atoms with E-state index >= 15 is 0 Å². The molecule has 82 valence electrons. The highest BCUT2D eigenvalue weighted by molar-refractivity contribution is 5.80. The van der Waals surface area contributed by atoms with Crippen LogP contribution in [0.2, 0.25) is 0 Å². The topological polar surface area (TPSA) is 66.8 Å². The van der Waals surface area contributed by atoms with E-state index < -0.39 is 0 Å². The molecular formula is C11H14O4. The first-order chi connectivity index (χ1) is 7.19. The third-order valence-electron chi connectivity index (χ3n) is 1.99. The molecule has 0 atom stereocenters. The van der Waals surface area contributed by atoms with E-state index in [-0.39, 0.29) is 22.8 Å². The number of ether oxygens (including phenoxy) is 1. The molecule has 0 bridgehead atoms. The van der Waals surface area contributed by atoms with Gasteiger partial charge in [0, 0.05) is 6.07 Å². The van der Waals surface area contributed by atoms with Gasteiger partial charge in [-0.3, -0.25) is 4.79 Å². The molecule has 1 aromatic carbocycles. The highest BCUT2D eigenvalue weighted by Gasteiger charge is 2.08. The molecule has 15 heavy (non-hydrogen) atoms. The first-order valence-corrected chi connectivity index (χ1v) is 4.83. The zero-order valence-corrected chi connectivity index (χ0v) is 8.56. The molecule has 0 unspecified atom stereocenters. The Morgan fingerprint density at radius 2 is 2.07 bits per heavy atom. The molecule has 0 radical (unpaired) electrons. The van der Waals surface area contributed by atoms with E-state index in [9.17, 15) is 15.0 Å². The van der Waals surface area contributed by atoms with E-state index in [4.69, 9.17) is 4.74 Å². The smallest absolute Gasteiger partial charge is 0.164 e. The molecule has 0 spiro atoms. The van der Waals surface area contributed by atoms with Crippen LogP contribution in [0.1, 0.15) is 30.1 Å². The van der Waals surface area contributed by atoms with Crippen LogP contribution >= 0.6 is 0 Å². The summed E-state index contributed by atoms with van der Waals surface area (Å²) in [7, 11) is 0. The van der Waals surface area contributed by atoms with Crippen LogP contribution in [0, 0.1) is 0 Å². The zero-order valence-electron chi connectivity index (χ0n) is 8.56. The number of carbonyl (C=O) groups excluding carboxylic acids is 1. The summed E-state index contributed by atoms with van der Waals surface area (Å²) in [4.78, 5) is 10.4. The van der Waals surface area contributed by atoms with Gasteiger partial charge in [-0.2, -0.15) is 0 Å². The minimum absolute atomic E-state index is 0.0512. The molecule has 4 heteroatoms. The summed E-state index contributed by atoms with van der Waals surface area (Å²) < 4.78 is 5.23. The minimum atomic E-state index is -0.186. The molecule has 0 aliphatic heterocycles. The maximum Gasteiger partial charge on any atom is 0.164 e. The van der Waals surface area contributed by atoms with E-state index in [1.807, 2.05) is 6.92 Å². The van der Waals surface area contributed by atoms with Crippen LogP contribution in [0.25, 0.3) is 0 Å². The highest BCUT2D eigenvalue weighted by atomic mass is 16.5. The second-order valence-corrected chi connectivity index (χ2v) is 3.20. The highest BCUT2D eigenvalue weighted by Crippen LogP contribution is 2.32. The Bertz CT molecular complexity index is 347. The lowest BCUT2D eigenvalue weighted by atomic mass is 10.2. The van der Waals surface area contributed by atoms with Crippen molar-refractivity contribution in [3.8, 4) is 17.2 Å². The SMILES string of the molecule is CCCCOc1cc(O)c(C=O)cc1O. The van der Waals surface area contributed by atoms with Crippen LogP contribution in [-0.2, 0) is 0 Å². The van der Waals surface area contributed by atoms with E-state index in [2.05, 4.69) is 0 Å². The molecule has 0 amide bonds. The standard InChI is InChI=1S/C11H14O4/c1-2-3-4-15-11-6-9(13)8(7-12)5-10(11)14/h5-7,13-14H,2-4H2,1H3. The fraction of sp³-hybridized carbons (Fsp3) is 0.364. The monoisotopic (exact) mass is 210 g/mol. The average molecular weight is 210 g/mol. The van der Waals surface area contributed by atoms with Crippen LogP contribution in [0.4, 0.5) is 0 Å². The van der Waals surface area contributed by atoms with Gasteiger partial charge in [0.05, 0.1) is 12.2 Å². The largest absolute Gasteiger partial charge is 0.507 e. The fourth-order valence-corrected chi connectivity index (χ4v) is 1.11. The van der Waals surface area contributed by atoms with Crippen molar-refractivity contribution in [2.75, 3.05) is 6.61 Å². The third-order valence-corrected chi connectivity index (χ3v) is 1.99. The van der Waals surface area contributed by atoms with Crippen molar-refractivity contribution in [3.63, 3.8) is 0 Å². The summed E-state index contributed by atoms with van der Waals surface area (Å²) in [6.07, 6.45) is 2.33. The molecule has 0 saturated heterocycles. The zero-order chi connectivity index (χ0) is 11.3. The summed E-state index contributed by atoms with van der Waals surface area (Å²) in [6, 6.07) is 2.43. The van der Waals surface area contributed by atoms with Crippen molar-refractivity contribution in [1.82, 2.24) is 0 Å². The van der Waals surface area contributed by atoms with Gasteiger partial charge < -0.3 is 14.9 Å². The van der Waals surface area contributed by atoms with Crippen molar-refractivity contribution in [2.24, 2.45) is 0 Å². The molecule has 1 rings (SSSR count). The third kappa shape index (κ3) is 2.87. The molecule has 2 N–H and O–H groups in total. The fourth-order valence-electron chi connectivity index (χ4n) is 1.11. The molecule has 0 saturated carbocycles. The van der Waals surface area contributed by atoms with Crippen LogP contribution < -0.4 is 4.74 Å². The first kappa shape index (κ1) is 11.4. The van der Waals surface area contributed by atoms with Gasteiger partial charge in [-0.1, -0.05) is 13.3 Å². The van der Waals surface area contributed by atoms with Crippen LogP contribution in [0.5, 0.6) is 17.2 Å². The van der Waals surface area contributed by atoms with E-state index in [0.29, 0.717) is 12.9 Å².